The second-order valence-corrected chi connectivity index (χ2v) is 4.93. The Labute approximate surface area is 125 Å². The summed E-state index contributed by atoms with van der Waals surface area (Å²) in [6.45, 7) is 3.77. The molecule has 0 aromatic heterocycles. The second-order valence-electron chi connectivity index (χ2n) is 4.93. The number of ether oxygens (including phenoxy) is 1. The molecule has 0 saturated heterocycles. The molecule has 0 aliphatic carbocycles. The van der Waals surface area contributed by atoms with E-state index in [4.69, 9.17) is 20.8 Å². The number of hydrogen-bond acceptors (Lipinski definition) is 5. The van der Waals surface area contributed by atoms with Crippen LogP contribution in [-0.2, 0) is 6.54 Å². The molecular formula is C15H25N3O3. The average molecular weight is 295 g/mol. The molecule has 118 valence electrons. The summed E-state index contributed by atoms with van der Waals surface area (Å²) >= 11 is 0. The van der Waals surface area contributed by atoms with Crippen LogP contribution in [0.2, 0.25) is 0 Å². The molecule has 5 N–H and O–H groups in total. The fraction of sp³-hybridized carbons (Fsp3) is 0.533. The van der Waals surface area contributed by atoms with Crippen LogP contribution >= 0.6 is 0 Å². The van der Waals surface area contributed by atoms with E-state index >= 15 is 0 Å². The van der Waals surface area contributed by atoms with Crippen LogP contribution in [0.5, 0.6) is 5.75 Å². The van der Waals surface area contributed by atoms with E-state index in [9.17, 15) is 0 Å². The molecule has 0 aliphatic rings. The molecule has 1 rings (SSSR count). The van der Waals surface area contributed by atoms with Crippen molar-refractivity contribution in [3.8, 4) is 5.75 Å². The van der Waals surface area contributed by atoms with Crippen LogP contribution in [-0.4, -0.2) is 36.4 Å². The van der Waals surface area contributed by atoms with Crippen LogP contribution in [0.1, 0.15) is 30.9 Å². The highest BCUT2D eigenvalue weighted by Crippen LogP contribution is 2.20. The van der Waals surface area contributed by atoms with E-state index in [0.29, 0.717) is 18.0 Å². The van der Waals surface area contributed by atoms with Crippen molar-refractivity contribution in [2.45, 2.75) is 26.3 Å². The Hall–Kier alpha value is -1.79. The molecule has 0 aliphatic heterocycles. The number of hydrogen-bond donors (Lipinski definition) is 4. The average Bonchev–Trinajstić information content (AvgIpc) is 2.53. The lowest BCUT2D eigenvalue weighted by Gasteiger charge is -2.16. The lowest BCUT2D eigenvalue weighted by Crippen LogP contribution is -2.23. The predicted molar refractivity (Wildman–Crippen MR) is 82.7 cm³/mol. The van der Waals surface area contributed by atoms with Crippen LogP contribution in [0.25, 0.3) is 0 Å². The first-order valence-electron chi connectivity index (χ1n) is 7.12. The van der Waals surface area contributed by atoms with Gasteiger partial charge in [0.2, 0.25) is 0 Å². The third-order valence-corrected chi connectivity index (χ3v) is 3.55. The first-order valence-corrected chi connectivity index (χ1v) is 7.12. The maximum atomic E-state index is 8.99. The zero-order chi connectivity index (χ0) is 15.7. The van der Waals surface area contributed by atoms with Crippen molar-refractivity contribution in [2.24, 2.45) is 16.8 Å². The van der Waals surface area contributed by atoms with Crippen LogP contribution in [0.4, 0.5) is 0 Å². The van der Waals surface area contributed by atoms with Gasteiger partial charge in [-0.05, 0) is 37.1 Å². The lowest BCUT2D eigenvalue weighted by molar-refractivity contribution is 0.251. The summed E-state index contributed by atoms with van der Waals surface area (Å²) in [5.41, 5.74) is 7.20. The largest absolute Gasteiger partial charge is 0.496 e. The van der Waals surface area contributed by atoms with Gasteiger partial charge in [0.1, 0.15) is 5.75 Å². The summed E-state index contributed by atoms with van der Waals surface area (Å²) in [7, 11) is 1.61. The number of nitrogens with one attached hydrogen (secondary N) is 1. The molecule has 1 unspecified atom stereocenters. The highest BCUT2D eigenvalue weighted by Gasteiger charge is 2.09. The van der Waals surface area contributed by atoms with Crippen molar-refractivity contribution in [3.05, 3.63) is 29.3 Å². The van der Waals surface area contributed by atoms with Gasteiger partial charge in [-0.3, -0.25) is 0 Å². The molecule has 1 atom stereocenters. The van der Waals surface area contributed by atoms with Crippen molar-refractivity contribution in [1.82, 2.24) is 5.32 Å². The number of aliphatic hydroxyl groups is 1. The van der Waals surface area contributed by atoms with Gasteiger partial charge in [0.25, 0.3) is 0 Å². The highest BCUT2D eigenvalue weighted by atomic mass is 16.5. The third kappa shape index (κ3) is 5.24. The summed E-state index contributed by atoms with van der Waals surface area (Å²) in [6.07, 6.45) is 1.82. The number of nitrogens with zero attached hydrogens (tertiary/aromatic N) is 1. The summed E-state index contributed by atoms with van der Waals surface area (Å²) in [6, 6.07) is 5.39. The summed E-state index contributed by atoms with van der Waals surface area (Å²) in [4.78, 5) is 0. The van der Waals surface area contributed by atoms with E-state index in [2.05, 4.69) is 17.4 Å². The van der Waals surface area contributed by atoms with Crippen molar-refractivity contribution in [3.63, 3.8) is 0 Å². The molecule has 1 aromatic carbocycles. The number of rotatable bonds is 9. The predicted octanol–water partition coefficient (Wildman–Crippen LogP) is 1.29. The Morgan fingerprint density at radius 2 is 2.24 bits per heavy atom. The number of methoxy groups -OCH3 is 1. The molecule has 1 aromatic rings. The van der Waals surface area contributed by atoms with Crippen molar-refractivity contribution in [2.75, 3.05) is 20.3 Å². The molecule has 21 heavy (non-hydrogen) atoms. The molecule has 0 bridgehead atoms. The fourth-order valence-electron chi connectivity index (χ4n) is 2.18. The number of nitrogens with two attached hydrogens (primary N) is 1. The van der Waals surface area contributed by atoms with Gasteiger partial charge in [-0.15, -0.1) is 0 Å². The van der Waals surface area contributed by atoms with Crippen molar-refractivity contribution < 1.29 is 15.1 Å². The Bertz CT molecular complexity index is 463. The first kappa shape index (κ1) is 17.3. The van der Waals surface area contributed by atoms with Gasteiger partial charge in [0.15, 0.2) is 5.84 Å². The van der Waals surface area contributed by atoms with Crippen LogP contribution < -0.4 is 15.8 Å². The molecule has 0 amide bonds. The smallest absolute Gasteiger partial charge is 0.170 e. The molecule has 6 heteroatoms. The standard InChI is InChI=1S/C15H25N3O3/c1-3-11(6-7-19)9-17-10-13-8-12(15(16)18-20)4-5-14(13)21-2/h4-5,8,11,17,19-20H,3,6-7,9-10H2,1-2H3,(H2,16,18). The Balaban J connectivity index is 2.72. The first-order chi connectivity index (χ1) is 10.2. The van der Waals surface area contributed by atoms with Crippen molar-refractivity contribution >= 4 is 5.84 Å². The molecule has 0 saturated carbocycles. The van der Waals surface area contributed by atoms with Gasteiger partial charge in [-0.2, -0.15) is 0 Å². The maximum absolute atomic E-state index is 8.99. The van der Waals surface area contributed by atoms with E-state index < -0.39 is 0 Å². The molecule has 0 heterocycles. The third-order valence-electron chi connectivity index (χ3n) is 3.55. The molecular weight excluding hydrogens is 270 g/mol. The van der Waals surface area contributed by atoms with Gasteiger partial charge in [-0.1, -0.05) is 18.5 Å². The minimum Gasteiger partial charge on any atom is -0.496 e. The van der Waals surface area contributed by atoms with E-state index in [1.54, 1.807) is 19.2 Å². The molecule has 0 fully saturated rings. The summed E-state index contributed by atoms with van der Waals surface area (Å²) in [5, 5.41) is 24.1. The van der Waals surface area contributed by atoms with E-state index in [1.165, 1.54) is 0 Å². The topological polar surface area (TPSA) is 100 Å². The second kappa shape index (κ2) is 9.20. The van der Waals surface area contributed by atoms with E-state index in [1.807, 2.05) is 6.07 Å². The Morgan fingerprint density at radius 3 is 2.81 bits per heavy atom. The van der Waals surface area contributed by atoms with Crippen LogP contribution in [0.15, 0.2) is 23.4 Å². The van der Waals surface area contributed by atoms with Crippen LogP contribution in [0, 0.1) is 5.92 Å². The number of oxime groups is 1. The van der Waals surface area contributed by atoms with E-state index in [0.717, 1.165) is 30.7 Å². The van der Waals surface area contributed by atoms with Gasteiger partial charge in [-0.25, -0.2) is 0 Å². The van der Waals surface area contributed by atoms with E-state index in [-0.39, 0.29) is 12.4 Å². The van der Waals surface area contributed by atoms with Gasteiger partial charge in [0, 0.05) is 24.3 Å². The van der Waals surface area contributed by atoms with Crippen molar-refractivity contribution in [1.29, 1.82) is 0 Å². The van der Waals surface area contributed by atoms with Gasteiger partial charge < -0.3 is 26.1 Å². The van der Waals surface area contributed by atoms with Gasteiger partial charge >= 0.3 is 0 Å². The number of amidine groups is 1. The monoisotopic (exact) mass is 295 g/mol. The zero-order valence-corrected chi connectivity index (χ0v) is 12.7. The molecule has 6 nitrogen and oxygen atoms in total. The number of benzene rings is 1. The molecule has 0 radical (unpaired) electrons. The Kier molecular flexibility index (Phi) is 7.56. The summed E-state index contributed by atoms with van der Waals surface area (Å²) < 4.78 is 5.32. The zero-order valence-electron chi connectivity index (χ0n) is 12.7. The quantitative estimate of drug-likeness (QED) is 0.238. The lowest BCUT2D eigenvalue weighted by atomic mass is 10.0. The Morgan fingerprint density at radius 1 is 1.48 bits per heavy atom. The number of aliphatic hydroxyl groups excluding tert-OH is 1. The highest BCUT2D eigenvalue weighted by molar-refractivity contribution is 5.97. The normalized spacial score (nSPS) is 13.2. The SMILES string of the molecule is CCC(CCO)CNCc1cc(/C(N)=N/O)ccc1OC. The van der Waals surface area contributed by atoms with Crippen LogP contribution in [0.3, 0.4) is 0 Å². The maximum Gasteiger partial charge on any atom is 0.170 e. The molecule has 0 spiro atoms. The summed E-state index contributed by atoms with van der Waals surface area (Å²) in [5.74, 6) is 1.28. The fourth-order valence-corrected chi connectivity index (χ4v) is 2.18. The minimum atomic E-state index is 0.0746. The van der Waals surface area contributed by atoms with Gasteiger partial charge in [0.05, 0.1) is 7.11 Å². The minimum absolute atomic E-state index is 0.0746.